The summed E-state index contributed by atoms with van der Waals surface area (Å²) in [6.07, 6.45) is 10.6. The Labute approximate surface area is 371 Å². The summed E-state index contributed by atoms with van der Waals surface area (Å²) in [5.74, 6) is -1.14. The van der Waals surface area contributed by atoms with Crippen LogP contribution in [0.4, 0.5) is 4.79 Å². The fraction of sp³-hybridized carbons (Fsp3) is 0.681. The van der Waals surface area contributed by atoms with Crippen LogP contribution in [0.3, 0.4) is 0 Å². The van der Waals surface area contributed by atoms with E-state index >= 15 is 0 Å². The number of likely N-dealkylation sites (tertiary alicyclic amines) is 1. The number of hydrogen-bond donors (Lipinski definition) is 3. The molecule has 344 valence electrons. The summed E-state index contributed by atoms with van der Waals surface area (Å²) in [5, 5.41) is 6.61. The Kier molecular flexibility index (Phi) is 12.8. The molecule has 3 saturated carbocycles. The van der Waals surface area contributed by atoms with Crippen LogP contribution in [0, 0.1) is 17.3 Å². The minimum absolute atomic E-state index is 0.0261. The molecule has 2 saturated heterocycles. The summed E-state index contributed by atoms with van der Waals surface area (Å²) >= 11 is 0. The van der Waals surface area contributed by atoms with Crippen LogP contribution in [0.5, 0.6) is 11.6 Å². The predicted molar refractivity (Wildman–Crippen MR) is 237 cm³/mol. The molecule has 0 unspecified atom stereocenters. The highest BCUT2D eigenvalue weighted by Crippen LogP contribution is 2.47. The number of carbonyl (C=O) groups excluding carboxylic acids is 4. The third kappa shape index (κ3) is 9.81. The summed E-state index contributed by atoms with van der Waals surface area (Å²) in [4.78, 5) is 65.7. The summed E-state index contributed by atoms with van der Waals surface area (Å²) in [7, 11) is -4.01. The van der Waals surface area contributed by atoms with Crippen molar-refractivity contribution in [2.75, 3.05) is 32.8 Å². The molecule has 7 atom stereocenters. The molecule has 3 N–H and O–H groups in total. The number of sulfonamides is 1. The lowest BCUT2D eigenvalue weighted by molar-refractivity contribution is -0.142. The highest BCUT2D eigenvalue weighted by Gasteiger charge is 2.63. The van der Waals surface area contributed by atoms with Gasteiger partial charge in [0.25, 0.3) is 5.91 Å². The quantitative estimate of drug-likeness (QED) is 0.190. The largest absolute Gasteiger partial charge is 0.492 e. The maximum absolute atomic E-state index is 14.9. The molecule has 0 radical (unpaired) electrons. The Balaban J connectivity index is 1.11. The molecule has 2 aromatic rings. The van der Waals surface area contributed by atoms with Crippen molar-refractivity contribution in [1.29, 1.82) is 0 Å². The first-order chi connectivity index (χ1) is 30.0. The monoisotopic (exact) mass is 890 g/mol. The number of nitrogens with zero attached hydrogens (tertiary/aromatic N) is 3. The first-order valence-corrected chi connectivity index (χ1v) is 24.7. The molecule has 5 fully saturated rings. The first-order valence-electron chi connectivity index (χ1n) is 23.2. The number of alkyl carbamates (subject to hydrolysis) is 1. The molecule has 0 spiro atoms. The molecule has 1 aromatic heterocycles. The van der Waals surface area contributed by atoms with Crippen molar-refractivity contribution in [3.05, 3.63) is 42.5 Å². The van der Waals surface area contributed by atoms with Gasteiger partial charge in [-0.25, -0.2) is 18.2 Å². The second kappa shape index (κ2) is 17.9. The fourth-order valence-electron chi connectivity index (χ4n) is 9.64. The first kappa shape index (κ1) is 45.1. The van der Waals surface area contributed by atoms with E-state index in [1.807, 2.05) is 45.0 Å². The van der Waals surface area contributed by atoms with E-state index < -0.39 is 73.6 Å². The van der Waals surface area contributed by atoms with Gasteiger partial charge in [0, 0.05) is 24.3 Å². The van der Waals surface area contributed by atoms with E-state index in [9.17, 15) is 27.6 Å². The van der Waals surface area contributed by atoms with Gasteiger partial charge in [0.1, 0.15) is 35.6 Å². The molecule has 2 bridgehead atoms. The molecule has 4 amide bonds. The third-order valence-corrected chi connectivity index (χ3v) is 16.4. The van der Waals surface area contributed by atoms with Gasteiger partial charge < -0.3 is 34.6 Å². The molecular formula is C47H66N6O9S. The van der Waals surface area contributed by atoms with Crippen LogP contribution in [0.2, 0.25) is 0 Å². The average molecular weight is 891 g/mol. The van der Waals surface area contributed by atoms with E-state index in [0.717, 1.165) is 74.9 Å². The maximum Gasteiger partial charge on any atom is 0.408 e. The summed E-state index contributed by atoms with van der Waals surface area (Å²) in [6, 6.07) is 5.62. The predicted octanol–water partition coefficient (Wildman–Crippen LogP) is 5.54. The molecule has 15 nitrogen and oxygen atoms in total. The topological polar surface area (TPSA) is 186 Å². The number of hydrogen-bond acceptors (Lipinski definition) is 11. The summed E-state index contributed by atoms with van der Waals surface area (Å²) < 4.78 is 47.0. The fourth-order valence-corrected chi connectivity index (χ4v) is 10.9. The van der Waals surface area contributed by atoms with E-state index in [2.05, 4.69) is 26.8 Å². The lowest BCUT2D eigenvalue weighted by Crippen LogP contribution is -2.60. The van der Waals surface area contributed by atoms with Gasteiger partial charge in [-0.1, -0.05) is 58.2 Å². The lowest BCUT2D eigenvalue weighted by Gasteiger charge is -2.35. The maximum atomic E-state index is 14.9. The van der Waals surface area contributed by atoms with E-state index in [-0.39, 0.29) is 31.4 Å². The van der Waals surface area contributed by atoms with Gasteiger partial charge in [0.15, 0.2) is 0 Å². The minimum atomic E-state index is -4.01. The number of nitrogens with one attached hydrogen (secondary N) is 3. The van der Waals surface area contributed by atoms with Crippen molar-refractivity contribution >= 4 is 44.7 Å². The molecule has 3 aliphatic heterocycles. The van der Waals surface area contributed by atoms with Crippen molar-refractivity contribution in [1.82, 2.24) is 30.1 Å². The number of para-hydroxylation sites is 1. The number of piperidine rings is 1. The molecule has 16 heteroatoms. The van der Waals surface area contributed by atoms with Crippen molar-refractivity contribution < 1.29 is 41.8 Å². The van der Waals surface area contributed by atoms with Gasteiger partial charge in [-0.2, -0.15) is 0 Å². The average Bonchev–Trinajstić information content (AvgIpc) is 4.21. The lowest BCUT2D eigenvalue weighted by atomic mass is 9.85. The Hall–Kier alpha value is -4.44. The van der Waals surface area contributed by atoms with Crippen molar-refractivity contribution in [3.8, 4) is 11.6 Å². The number of fused-ring (bicyclic) bond motifs is 5. The zero-order valence-corrected chi connectivity index (χ0v) is 38.2. The number of aromatic nitrogens is 1. The highest BCUT2D eigenvalue weighted by atomic mass is 32.2. The number of amides is 4. The second-order valence-electron chi connectivity index (χ2n) is 20.2. The minimum Gasteiger partial charge on any atom is -0.492 e. The summed E-state index contributed by atoms with van der Waals surface area (Å²) in [5.41, 5.74) is -0.825. The molecule has 1 aromatic carbocycles. The van der Waals surface area contributed by atoms with Crippen LogP contribution >= 0.6 is 0 Å². The Morgan fingerprint density at radius 1 is 1.05 bits per heavy atom. The number of pyridine rings is 1. The van der Waals surface area contributed by atoms with Crippen molar-refractivity contribution in [2.24, 2.45) is 17.3 Å². The van der Waals surface area contributed by atoms with E-state index in [1.165, 1.54) is 30.2 Å². The normalized spacial score (nSPS) is 29.9. The third-order valence-electron chi connectivity index (χ3n) is 14.2. The van der Waals surface area contributed by atoms with Gasteiger partial charge >= 0.3 is 6.09 Å². The number of rotatable bonds is 11. The van der Waals surface area contributed by atoms with Crippen LogP contribution in [-0.2, 0) is 35.6 Å². The number of ether oxygens (including phenoxy) is 3. The van der Waals surface area contributed by atoms with Gasteiger partial charge in [-0.15, -0.1) is 6.58 Å². The standard InChI is InChI=1S/C47H66N6O9S/c1-6-31-28-47(31,43(56)51-63(58,59)46(5)20-21-46)50-40(54)36-27-32-29-53(36)42(55)39(45(2,3)4)49-44(57)62-37-26-30(37)16-9-7-10-18-34-38(60-25-15-24-52-22-13-8-14-23-52)33-17-11-12-19-35(33)48-41(34)61-32/h6,11-12,17,19,30-32,36-37,39H,1,7-10,13-16,18,20-29H2,2-5H3,(H,49,57)(H,50,54)(H,51,56)/t30-,31-,32-,36+,37-,39-,47-/m1/s1. The van der Waals surface area contributed by atoms with E-state index in [4.69, 9.17) is 19.2 Å². The van der Waals surface area contributed by atoms with Gasteiger partial charge in [-0.3, -0.25) is 19.1 Å². The number of benzene rings is 1. The molecule has 3 aliphatic carbocycles. The van der Waals surface area contributed by atoms with Crippen molar-refractivity contribution in [2.45, 2.75) is 152 Å². The van der Waals surface area contributed by atoms with Crippen LogP contribution in [0.25, 0.3) is 10.9 Å². The van der Waals surface area contributed by atoms with Gasteiger partial charge in [0.2, 0.25) is 27.7 Å². The zero-order chi connectivity index (χ0) is 44.7. The van der Waals surface area contributed by atoms with Crippen LogP contribution in [0.15, 0.2) is 36.9 Å². The molecular weight excluding hydrogens is 825 g/mol. The Bertz CT molecular complexity index is 2200. The SMILES string of the molecule is C=C[C@@H]1C[C@]1(NC(=O)[C@@H]1C[C@@H]2CN1C(=O)[C@H](C(C)(C)C)NC(=O)O[C@@H]1C[C@H]1CCCCCc1c(nc3ccccc3c1OCCCN1CCCCC1)O2)C(=O)NS(=O)(=O)C1(C)CC1. The van der Waals surface area contributed by atoms with Crippen LogP contribution < -0.4 is 24.8 Å². The number of carbonyl (C=O) groups is 4. The van der Waals surface area contributed by atoms with Crippen LogP contribution in [-0.4, -0.2) is 114 Å². The molecule has 4 heterocycles. The van der Waals surface area contributed by atoms with Gasteiger partial charge in [-0.05, 0) is 108 Å². The Morgan fingerprint density at radius 2 is 1.79 bits per heavy atom. The molecule has 8 rings (SSSR count). The van der Waals surface area contributed by atoms with E-state index in [1.54, 1.807) is 6.92 Å². The second-order valence-corrected chi connectivity index (χ2v) is 22.4. The van der Waals surface area contributed by atoms with Crippen molar-refractivity contribution in [3.63, 3.8) is 0 Å². The molecule has 6 aliphatic rings. The molecule has 63 heavy (non-hydrogen) atoms. The van der Waals surface area contributed by atoms with Gasteiger partial charge in [0.05, 0.1) is 29.0 Å². The summed E-state index contributed by atoms with van der Waals surface area (Å²) in [6.45, 7) is 14.6. The Morgan fingerprint density at radius 3 is 2.51 bits per heavy atom. The van der Waals surface area contributed by atoms with E-state index in [0.29, 0.717) is 37.3 Å². The van der Waals surface area contributed by atoms with Crippen LogP contribution in [0.1, 0.15) is 117 Å². The zero-order valence-electron chi connectivity index (χ0n) is 37.4. The highest BCUT2D eigenvalue weighted by molar-refractivity contribution is 7.91. The smallest absolute Gasteiger partial charge is 0.408 e.